The first-order valence-electron chi connectivity index (χ1n) is 12.2. The fourth-order valence-corrected chi connectivity index (χ4v) is 4.58. The molecule has 1 aliphatic heterocycles. The first kappa shape index (κ1) is 25.1. The number of nitrogen functional groups attached to an aromatic ring is 1. The summed E-state index contributed by atoms with van der Waals surface area (Å²) in [6, 6.07) is 3.35. The van der Waals surface area contributed by atoms with Gasteiger partial charge in [-0.1, -0.05) is 13.3 Å². The molecule has 10 nitrogen and oxygen atoms in total. The van der Waals surface area contributed by atoms with Gasteiger partial charge in [-0.15, -0.1) is 0 Å². The number of methoxy groups -OCH3 is 1. The maximum Gasteiger partial charge on any atom is 0.222 e. The van der Waals surface area contributed by atoms with Crippen molar-refractivity contribution in [1.29, 1.82) is 0 Å². The second-order valence-electron chi connectivity index (χ2n) is 8.89. The molecule has 1 aliphatic rings. The van der Waals surface area contributed by atoms with E-state index in [2.05, 4.69) is 37.5 Å². The molecule has 1 aromatic carbocycles. The van der Waals surface area contributed by atoms with Gasteiger partial charge < -0.3 is 26.2 Å². The number of nitrogens with zero attached hydrogens (tertiary/aromatic N) is 5. The lowest BCUT2D eigenvalue weighted by molar-refractivity contribution is 0.230. The van der Waals surface area contributed by atoms with Crippen LogP contribution in [0.15, 0.2) is 18.3 Å². The van der Waals surface area contributed by atoms with Crippen molar-refractivity contribution in [3.05, 3.63) is 35.3 Å². The zero-order chi connectivity index (χ0) is 24.8. The van der Waals surface area contributed by atoms with Gasteiger partial charge in [-0.3, -0.25) is 9.58 Å². The Bertz CT molecular complexity index is 1130. The molecular weight excluding hydrogens is 451 g/mol. The van der Waals surface area contributed by atoms with Crippen molar-refractivity contribution in [3.63, 3.8) is 0 Å². The summed E-state index contributed by atoms with van der Waals surface area (Å²) in [4.78, 5) is 11.0. The largest absolute Gasteiger partial charge is 0.496 e. The highest BCUT2D eigenvalue weighted by Crippen LogP contribution is 2.28. The third kappa shape index (κ3) is 5.98. The van der Waals surface area contributed by atoms with Gasteiger partial charge in [0.1, 0.15) is 22.6 Å². The van der Waals surface area contributed by atoms with E-state index in [0.717, 1.165) is 44.6 Å². The Morgan fingerprint density at radius 1 is 1.20 bits per heavy atom. The lowest BCUT2D eigenvalue weighted by atomic mass is 10.1. The third-order valence-electron chi connectivity index (χ3n) is 6.33. The fraction of sp³-hybridized carbons (Fsp3) is 0.542. The molecule has 190 valence electrons. The summed E-state index contributed by atoms with van der Waals surface area (Å²) >= 11 is 0. The Morgan fingerprint density at radius 2 is 2.00 bits per heavy atom. The van der Waals surface area contributed by atoms with Gasteiger partial charge in [0.15, 0.2) is 5.82 Å². The van der Waals surface area contributed by atoms with Gasteiger partial charge in [0.2, 0.25) is 5.95 Å². The van der Waals surface area contributed by atoms with E-state index in [-0.39, 0.29) is 24.4 Å². The summed E-state index contributed by atoms with van der Waals surface area (Å²) in [7, 11) is 1.54. The maximum atomic E-state index is 14.9. The van der Waals surface area contributed by atoms with Crippen LogP contribution in [0.25, 0.3) is 11.0 Å². The number of piperazine rings is 1. The molecule has 3 aromatic rings. The van der Waals surface area contributed by atoms with E-state index in [1.807, 2.05) is 6.07 Å². The number of anilines is 2. The van der Waals surface area contributed by atoms with Crippen LogP contribution in [0.2, 0.25) is 0 Å². The molecule has 0 aliphatic carbocycles. The monoisotopic (exact) mass is 486 g/mol. The Labute approximate surface area is 204 Å². The number of hydrogen-bond donors (Lipinski definition) is 4. The van der Waals surface area contributed by atoms with Crippen LogP contribution in [-0.2, 0) is 13.1 Å². The Kier molecular flexibility index (Phi) is 8.32. The first-order chi connectivity index (χ1) is 17.0. The first-order valence-corrected chi connectivity index (χ1v) is 12.2. The van der Waals surface area contributed by atoms with Gasteiger partial charge in [-0.25, -0.2) is 9.37 Å². The second-order valence-corrected chi connectivity index (χ2v) is 8.89. The van der Waals surface area contributed by atoms with E-state index in [9.17, 15) is 9.50 Å². The number of rotatable bonds is 11. The molecular formula is C24H35FN8O2. The highest BCUT2D eigenvalue weighted by Gasteiger charge is 2.20. The number of nitrogens with two attached hydrogens (primary N) is 1. The molecule has 0 spiro atoms. The normalized spacial score (nSPS) is 15.4. The maximum absolute atomic E-state index is 14.9. The molecule has 5 N–H and O–H groups in total. The van der Waals surface area contributed by atoms with Gasteiger partial charge in [-0.05, 0) is 18.9 Å². The zero-order valence-electron chi connectivity index (χ0n) is 20.4. The molecule has 35 heavy (non-hydrogen) atoms. The third-order valence-corrected chi connectivity index (χ3v) is 6.33. The number of aliphatic hydroxyl groups excluding tert-OH is 1. The van der Waals surface area contributed by atoms with E-state index < -0.39 is 0 Å². The van der Waals surface area contributed by atoms with Crippen molar-refractivity contribution in [3.8, 4) is 5.75 Å². The van der Waals surface area contributed by atoms with Crippen LogP contribution in [0.5, 0.6) is 5.75 Å². The van der Waals surface area contributed by atoms with Crippen LogP contribution in [-0.4, -0.2) is 75.7 Å². The molecule has 1 saturated heterocycles. The lowest BCUT2D eigenvalue weighted by Crippen LogP contribution is -2.43. The van der Waals surface area contributed by atoms with E-state index in [1.165, 1.54) is 13.2 Å². The number of hydrogen-bond acceptors (Lipinski definition) is 9. The number of aliphatic hydroxyl groups is 1. The van der Waals surface area contributed by atoms with Crippen LogP contribution in [0.1, 0.15) is 37.3 Å². The Morgan fingerprint density at radius 3 is 2.71 bits per heavy atom. The molecule has 0 radical (unpaired) electrons. The minimum absolute atomic E-state index is 0.0387. The minimum atomic E-state index is -0.278. The van der Waals surface area contributed by atoms with Crippen molar-refractivity contribution >= 4 is 22.8 Å². The van der Waals surface area contributed by atoms with Crippen LogP contribution in [0, 0.1) is 5.82 Å². The Balaban J connectivity index is 1.67. The number of fused-ring (bicyclic) bond motifs is 1. The van der Waals surface area contributed by atoms with Gasteiger partial charge >= 0.3 is 0 Å². The van der Waals surface area contributed by atoms with Crippen molar-refractivity contribution in [2.45, 2.75) is 45.3 Å². The average molecular weight is 487 g/mol. The van der Waals surface area contributed by atoms with E-state index in [1.54, 1.807) is 10.9 Å². The lowest BCUT2D eigenvalue weighted by Gasteiger charge is -2.27. The molecule has 0 saturated carbocycles. The number of ether oxygens (including phenoxy) is 1. The van der Waals surface area contributed by atoms with Gasteiger partial charge in [-0.2, -0.15) is 10.1 Å². The van der Waals surface area contributed by atoms with Crippen molar-refractivity contribution in [2.75, 3.05) is 50.9 Å². The molecule has 4 rings (SSSR count). The minimum Gasteiger partial charge on any atom is -0.496 e. The van der Waals surface area contributed by atoms with Crippen LogP contribution in [0.3, 0.4) is 0 Å². The SMILES string of the molecule is CCC[C@@H](CCO)Nc1nc(N)nc2cnn(Cc3cc(CN4CCNCC4)c(F)cc3OC)c12. The predicted molar refractivity (Wildman–Crippen MR) is 134 cm³/mol. The smallest absolute Gasteiger partial charge is 0.222 e. The number of halogens is 1. The predicted octanol–water partition coefficient (Wildman–Crippen LogP) is 1.97. The van der Waals surface area contributed by atoms with Crippen LogP contribution >= 0.6 is 0 Å². The Hall–Kier alpha value is -3.02. The second kappa shape index (κ2) is 11.6. The number of aromatic nitrogens is 4. The molecule has 1 fully saturated rings. The summed E-state index contributed by atoms with van der Waals surface area (Å²) in [6.07, 6.45) is 4.08. The van der Waals surface area contributed by atoms with Crippen molar-refractivity contribution < 1.29 is 14.2 Å². The topological polar surface area (TPSA) is 126 Å². The van der Waals surface area contributed by atoms with Gasteiger partial charge in [0.05, 0.1) is 19.9 Å². The summed E-state index contributed by atoms with van der Waals surface area (Å²) < 4.78 is 22.2. The molecule has 11 heteroatoms. The summed E-state index contributed by atoms with van der Waals surface area (Å²) in [5.74, 6) is 0.903. The molecule has 0 bridgehead atoms. The zero-order valence-corrected chi connectivity index (χ0v) is 20.4. The van der Waals surface area contributed by atoms with Gasteiger partial charge in [0.25, 0.3) is 0 Å². The number of benzene rings is 1. The van der Waals surface area contributed by atoms with E-state index >= 15 is 0 Å². The van der Waals surface area contributed by atoms with Crippen LogP contribution in [0.4, 0.5) is 16.2 Å². The molecule has 3 heterocycles. The van der Waals surface area contributed by atoms with E-state index in [0.29, 0.717) is 47.7 Å². The van der Waals surface area contributed by atoms with E-state index in [4.69, 9.17) is 10.5 Å². The van der Waals surface area contributed by atoms with Gasteiger partial charge in [0, 0.05) is 62.6 Å². The molecule has 2 aromatic heterocycles. The quantitative estimate of drug-likeness (QED) is 0.322. The average Bonchev–Trinajstić information content (AvgIpc) is 3.24. The summed E-state index contributed by atoms with van der Waals surface area (Å²) in [5.41, 5.74) is 8.72. The fourth-order valence-electron chi connectivity index (χ4n) is 4.58. The summed E-state index contributed by atoms with van der Waals surface area (Å²) in [6.45, 7) is 6.62. The molecule has 1 atom stereocenters. The summed E-state index contributed by atoms with van der Waals surface area (Å²) in [5, 5.41) is 20.8. The number of nitrogens with one attached hydrogen (secondary N) is 2. The standard InChI is InChI=1S/C24H35FN8O2/c1-3-4-18(5-10-34)29-23-22-20(30-24(26)31-23)13-28-33(22)15-17-11-16(19(25)12-21(17)35-2)14-32-8-6-27-7-9-32/h11-13,18,27,34H,3-10,14-15H2,1-2H3,(H3,26,29,30,31)/t18-/m0/s1. The van der Waals surface area contributed by atoms with Crippen LogP contribution < -0.4 is 21.1 Å². The van der Waals surface area contributed by atoms with Crippen molar-refractivity contribution in [2.24, 2.45) is 0 Å². The highest BCUT2D eigenvalue weighted by molar-refractivity contribution is 5.86. The van der Waals surface area contributed by atoms with Crippen molar-refractivity contribution in [1.82, 2.24) is 30.0 Å². The molecule has 0 unspecified atom stereocenters. The highest BCUT2D eigenvalue weighted by atomic mass is 19.1. The molecule has 0 amide bonds.